The molecule has 2 nitrogen and oxygen atoms in total. The number of thiophene rings is 1. The standard InChI is InChI=1S/C16H8BrClN2S/c17-13-7-10(8-21-13)16-19-14-11-4-2-1-3-9(11)5-6-12(14)15(18)20-16/h1-8H. The first-order valence-corrected chi connectivity index (χ1v) is 8.37. The van der Waals surface area contributed by atoms with Crippen LogP contribution in [-0.4, -0.2) is 9.97 Å². The van der Waals surface area contributed by atoms with Crippen LogP contribution in [0.25, 0.3) is 33.1 Å². The first-order chi connectivity index (χ1) is 10.2. The van der Waals surface area contributed by atoms with Gasteiger partial charge in [-0.15, -0.1) is 11.3 Å². The van der Waals surface area contributed by atoms with Crippen LogP contribution in [0.3, 0.4) is 0 Å². The number of fused-ring (bicyclic) bond motifs is 3. The fraction of sp³-hybridized carbons (Fsp3) is 0. The molecule has 0 N–H and O–H groups in total. The first kappa shape index (κ1) is 13.2. The average Bonchev–Trinajstić information content (AvgIpc) is 2.93. The summed E-state index contributed by atoms with van der Waals surface area (Å²) in [6.07, 6.45) is 0. The third-order valence-corrected chi connectivity index (χ3v) is 5.16. The molecule has 4 rings (SSSR count). The van der Waals surface area contributed by atoms with Crippen molar-refractivity contribution in [2.45, 2.75) is 0 Å². The van der Waals surface area contributed by atoms with Gasteiger partial charge in [-0.3, -0.25) is 0 Å². The monoisotopic (exact) mass is 374 g/mol. The smallest absolute Gasteiger partial charge is 0.162 e. The Kier molecular flexibility index (Phi) is 3.17. The van der Waals surface area contributed by atoms with Gasteiger partial charge in [0.1, 0.15) is 5.15 Å². The van der Waals surface area contributed by atoms with E-state index in [-0.39, 0.29) is 0 Å². The number of benzene rings is 2. The molecule has 0 aliphatic rings. The largest absolute Gasteiger partial charge is 0.227 e. The zero-order valence-electron chi connectivity index (χ0n) is 10.7. The van der Waals surface area contributed by atoms with Crippen LogP contribution < -0.4 is 0 Å². The zero-order valence-corrected chi connectivity index (χ0v) is 13.8. The molecule has 0 bridgehead atoms. The molecular weight excluding hydrogens is 368 g/mol. The van der Waals surface area contributed by atoms with Gasteiger partial charge in [-0.05, 0) is 33.4 Å². The predicted octanol–water partition coefficient (Wildman–Crippen LogP) is 5.93. The molecule has 2 aromatic carbocycles. The molecule has 0 atom stereocenters. The van der Waals surface area contributed by atoms with Gasteiger partial charge in [0.15, 0.2) is 5.82 Å². The lowest BCUT2D eigenvalue weighted by Gasteiger charge is -2.06. The lowest BCUT2D eigenvalue weighted by molar-refractivity contribution is 1.24. The van der Waals surface area contributed by atoms with Gasteiger partial charge in [0.2, 0.25) is 0 Å². The Balaban J connectivity index is 2.09. The van der Waals surface area contributed by atoms with Crippen molar-refractivity contribution >= 4 is 60.5 Å². The molecule has 102 valence electrons. The predicted molar refractivity (Wildman–Crippen MR) is 93.1 cm³/mol. The number of aromatic nitrogens is 2. The molecule has 2 heterocycles. The van der Waals surface area contributed by atoms with E-state index in [1.807, 2.05) is 35.7 Å². The molecule has 0 unspecified atom stereocenters. The highest BCUT2D eigenvalue weighted by Crippen LogP contribution is 2.32. The van der Waals surface area contributed by atoms with Gasteiger partial charge in [-0.25, -0.2) is 9.97 Å². The molecule has 0 fully saturated rings. The highest BCUT2D eigenvalue weighted by Gasteiger charge is 2.11. The van der Waals surface area contributed by atoms with E-state index < -0.39 is 0 Å². The number of hydrogen-bond acceptors (Lipinski definition) is 3. The van der Waals surface area contributed by atoms with Gasteiger partial charge in [0.05, 0.1) is 9.30 Å². The van der Waals surface area contributed by atoms with Crippen LogP contribution in [0.15, 0.2) is 51.6 Å². The summed E-state index contributed by atoms with van der Waals surface area (Å²) in [7, 11) is 0. The quantitative estimate of drug-likeness (QED) is 0.304. The maximum Gasteiger partial charge on any atom is 0.162 e. The molecule has 21 heavy (non-hydrogen) atoms. The molecule has 0 saturated carbocycles. The van der Waals surface area contributed by atoms with Gasteiger partial charge in [-0.1, -0.05) is 41.9 Å². The van der Waals surface area contributed by atoms with E-state index >= 15 is 0 Å². The van der Waals surface area contributed by atoms with E-state index in [1.165, 1.54) is 0 Å². The second-order valence-electron chi connectivity index (χ2n) is 4.66. The first-order valence-electron chi connectivity index (χ1n) is 6.32. The Bertz CT molecular complexity index is 981. The fourth-order valence-corrected chi connectivity index (χ4v) is 3.75. The Morgan fingerprint density at radius 3 is 2.67 bits per heavy atom. The summed E-state index contributed by atoms with van der Waals surface area (Å²) in [4.78, 5) is 9.17. The van der Waals surface area contributed by atoms with Crippen molar-refractivity contribution in [3.63, 3.8) is 0 Å². The summed E-state index contributed by atoms with van der Waals surface area (Å²) in [6.45, 7) is 0. The normalized spacial score (nSPS) is 11.3. The van der Waals surface area contributed by atoms with Crippen molar-refractivity contribution in [2.75, 3.05) is 0 Å². The number of rotatable bonds is 1. The second-order valence-corrected chi connectivity index (χ2v) is 7.31. The summed E-state index contributed by atoms with van der Waals surface area (Å²) >= 11 is 11.4. The Morgan fingerprint density at radius 2 is 1.86 bits per heavy atom. The van der Waals surface area contributed by atoms with Crippen LogP contribution in [0, 0.1) is 0 Å². The molecule has 5 heteroatoms. The zero-order chi connectivity index (χ0) is 14.4. The van der Waals surface area contributed by atoms with Gasteiger partial charge < -0.3 is 0 Å². The Morgan fingerprint density at radius 1 is 1.00 bits per heavy atom. The highest BCUT2D eigenvalue weighted by atomic mass is 79.9. The van der Waals surface area contributed by atoms with Crippen molar-refractivity contribution in [3.05, 3.63) is 56.8 Å². The molecule has 0 aliphatic carbocycles. The van der Waals surface area contributed by atoms with Crippen molar-refractivity contribution in [1.29, 1.82) is 0 Å². The topological polar surface area (TPSA) is 25.8 Å². The minimum absolute atomic E-state index is 0.489. The van der Waals surface area contributed by atoms with Gasteiger partial charge >= 0.3 is 0 Å². The van der Waals surface area contributed by atoms with Crippen LogP contribution in [0.1, 0.15) is 0 Å². The summed E-state index contributed by atoms with van der Waals surface area (Å²) in [5.74, 6) is 0.658. The van der Waals surface area contributed by atoms with Gasteiger partial charge in [0.25, 0.3) is 0 Å². The number of halogens is 2. The second kappa shape index (κ2) is 5.05. The van der Waals surface area contributed by atoms with E-state index in [2.05, 4.69) is 33.0 Å². The van der Waals surface area contributed by atoms with Crippen molar-refractivity contribution in [2.24, 2.45) is 0 Å². The van der Waals surface area contributed by atoms with Crippen LogP contribution >= 0.6 is 38.9 Å². The molecule has 4 aromatic rings. The fourth-order valence-electron chi connectivity index (χ4n) is 2.38. The lowest BCUT2D eigenvalue weighted by Crippen LogP contribution is -1.91. The molecule has 0 aliphatic heterocycles. The minimum Gasteiger partial charge on any atom is -0.227 e. The van der Waals surface area contributed by atoms with Gasteiger partial charge in [-0.2, -0.15) is 0 Å². The average molecular weight is 376 g/mol. The van der Waals surface area contributed by atoms with Crippen LogP contribution in [0.2, 0.25) is 5.15 Å². The summed E-state index contributed by atoms with van der Waals surface area (Å²) in [5, 5.41) is 5.63. The van der Waals surface area contributed by atoms with E-state index in [1.54, 1.807) is 11.3 Å². The molecule has 2 aromatic heterocycles. The van der Waals surface area contributed by atoms with E-state index in [0.29, 0.717) is 11.0 Å². The van der Waals surface area contributed by atoms with Crippen LogP contribution in [0.4, 0.5) is 0 Å². The van der Waals surface area contributed by atoms with Gasteiger partial charge in [0, 0.05) is 21.7 Å². The van der Waals surface area contributed by atoms with Crippen LogP contribution in [0.5, 0.6) is 0 Å². The molecule has 0 amide bonds. The number of nitrogens with zero attached hydrogens (tertiary/aromatic N) is 2. The van der Waals surface area contributed by atoms with Crippen molar-refractivity contribution in [3.8, 4) is 11.4 Å². The third kappa shape index (κ3) is 2.24. The Hall–Kier alpha value is -1.49. The van der Waals surface area contributed by atoms with E-state index in [4.69, 9.17) is 16.6 Å². The molecule has 0 spiro atoms. The molecule has 0 radical (unpaired) electrons. The lowest BCUT2D eigenvalue weighted by atomic mass is 10.1. The molecular formula is C16H8BrClN2S. The van der Waals surface area contributed by atoms with Crippen molar-refractivity contribution < 1.29 is 0 Å². The SMILES string of the molecule is Clc1nc(-c2csc(Br)c2)nc2c1ccc1ccccc12. The summed E-state index contributed by atoms with van der Waals surface area (Å²) in [5.41, 5.74) is 1.87. The van der Waals surface area contributed by atoms with Crippen LogP contribution in [-0.2, 0) is 0 Å². The summed E-state index contributed by atoms with van der Waals surface area (Å²) in [6, 6.07) is 14.2. The third-order valence-electron chi connectivity index (χ3n) is 3.37. The van der Waals surface area contributed by atoms with E-state index in [0.717, 1.165) is 31.0 Å². The maximum atomic E-state index is 6.36. The minimum atomic E-state index is 0.489. The van der Waals surface area contributed by atoms with Crippen molar-refractivity contribution in [1.82, 2.24) is 9.97 Å². The van der Waals surface area contributed by atoms with E-state index in [9.17, 15) is 0 Å². The number of hydrogen-bond donors (Lipinski definition) is 0. The Labute approximate surface area is 138 Å². The molecule has 0 saturated heterocycles. The maximum absolute atomic E-state index is 6.36. The highest BCUT2D eigenvalue weighted by molar-refractivity contribution is 9.11. The summed E-state index contributed by atoms with van der Waals surface area (Å²) < 4.78 is 1.05.